The molecule has 1 fully saturated rings. The maximum absolute atomic E-state index is 13.0. The van der Waals surface area contributed by atoms with E-state index in [0.29, 0.717) is 23.2 Å². The molecule has 0 radical (unpaired) electrons. The Balaban J connectivity index is 1.91. The molecule has 2 aromatic carbocycles. The molecule has 1 saturated heterocycles. The normalized spacial score (nSPS) is 16.0. The lowest BCUT2D eigenvalue weighted by atomic mass is 10.0. The van der Waals surface area contributed by atoms with Crippen LogP contribution >= 0.6 is 11.8 Å². The molecule has 3 rings (SSSR count). The molecule has 1 aliphatic heterocycles. The topological polar surface area (TPSA) is 75.8 Å². The van der Waals surface area contributed by atoms with E-state index in [2.05, 4.69) is 19.9 Å². The molecule has 140 valence electrons. The zero-order valence-electron chi connectivity index (χ0n) is 15.3. The zero-order valence-corrected chi connectivity index (χ0v) is 16.1. The minimum Gasteiger partial charge on any atom is -0.287 e. The number of nitro groups is 1. The van der Waals surface area contributed by atoms with Gasteiger partial charge in [-0.2, -0.15) is 0 Å². The molecule has 1 heterocycles. The van der Waals surface area contributed by atoms with Crippen molar-refractivity contribution >= 4 is 34.2 Å². The SMILES string of the molecule is CC(C)c1ccccc1N=C1SCCCN1C(=O)c1ccc([N+](=O)[O-])cc1. The lowest BCUT2D eigenvalue weighted by molar-refractivity contribution is -0.384. The van der Waals surface area contributed by atoms with Crippen LogP contribution in [0.2, 0.25) is 0 Å². The van der Waals surface area contributed by atoms with Gasteiger partial charge < -0.3 is 0 Å². The first-order chi connectivity index (χ1) is 13.0. The highest BCUT2D eigenvalue weighted by molar-refractivity contribution is 8.13. The fraction of sp³-hybridized carbons (Fsp3) is 0.300. The Bertz CT molecular complexity index is 878. The molecule has 0 spiro atoms. The third kappa shape index (κ3) is 4.36. The number of amides is 1. The van der Waals surface area contributed by atoms with Gasteiger partial charge in [0.1, 0.15) is 0 Å². The lowest BCUT2D eigenvalue weighted by Crippen LogP contribution is -2.39. The smallest absolute Gasteiger partial charge is 0.269 e. The molecule has 27 heavy (non-hydrogen) atoms. The van der Waals surface area contributed by atoms with Crippen molar-refractivity contribution in [2.75, 3.05) is 12.3 Å². The summed E-state index contributed by atoms with van der Waals surface area (Å²) >= 11 is 1.56. The van der Waals surface area contributed by atoms with Crippen LogP contribution in [0.1, 0.15) is 42.1 Å². The molecule has 0 atom stereocenters. The maximum atomic E-state index is 13.0. The number of para-hydroxylation sites is 1. The maximum Gasteiger partial charge on any atom is 0.269 e. The molecule has 1 aliphatic rings. The number of carbonyl (C=O) groups is 1. The molecular weight excluding hydrogens is 362 g/mol. The van der Waals surface area contributed by atoms with Crippen LogP contribution in [0, 0.1) is 10.1 Å². The van der Waals surface area contributed by atoms with Gasteiger partial charge in [-0.15, -0.1) is 0 Å². The summed E-state index contributed by atoms with van der Waals surface area (Å²) in [5, 5.41) is 11.5. The van der Waals surface area contributed by atoms with Crippen molar-refractivity contribution in [2.45, 2.75) is 26.2 Å². The van der Waals surface area contributed by atoms with Crippen molar-refractivity contribution in [3.05, 3.63) is 69.8 Å². The van der Waals surface area contributed by atoms with E-state index in [-0.39, 0.29) is 11.6 Å². The molecule has 2 aromatic rings. The summed E-state index contributed by atoms with van der Waals surface area (Å²) < 4.78 is 0. The number of carbonyl (C=O) groups excluding carboxylic acids is 1. The van der Waals surface area contributed by atoms with Crippen LogP contribution in [0.25, 0.3) is 0 Å². The number of benzene rings is 2. The van der Waals surface area contributed by atoms with Crippen molar-refractivity contribution in [3.63, 3.8) is 0 Å². The van der Waals surface area contributed by atoms with E-state index >= 15 is 0 Å². The van der Waals surface area contributed by atoms with E-state index in [1.165, 1.54) is 24.3 Å². The van der Waals surface area contributed by atoms with E-state index in [0.717, 1.165) is 23.4 Å². The lowest BCUT2D eigenvalue weighted by Gasteiger charge is -2.28. The Morgan fingerprint density at radius 1 is 1.19 bits per heavy atom. The second-order valence-corrected chi connectivity index (χ2v) is 7.63. The standard InChI is InChI=1S/C20H21N3O3S/c1-14(2)17-6-3-4-7-18(17)21-20-22(12-5-13-27-20)19(24)15-8-10-16(11-9-15)23(25)26/h3-4,6-11,14H,5,12-13H2,1-2H3. The summed E-state index contributed by atoms with van der Waals surface area (Å²) in [6.07, 6.45) is 0.883. The van der Waals surface area contributed by atoms with Gasteiger partial charge in [0.05, 0.1) is 10.6 Å². The minimum atomic E-state index is -0.471. The summed E-state index contributed by atoms with van der Waals surface area (Å²) in [5.41, 5.74) is 2.41. The number of nitrogens with zero attached hydrogens (tertiary/aromatic N) is 3. The van der Waals surface area contributed by atoms with Gasteiger partial charge >= 0.3 is 0 Å². The summed E-state index contributed by atoms with van der Waals surface area (Å²) in [4.78, 5) is 29.8. The molecule has 0 aromatic heterocycles. The Kier molecular flexibility index (Phi) is 5.91. The predicted octanol–water partition coefficient (Wildman–Crippen LogP) is 4.99. The molecule has 0 bridgehead atoms. The van der Waals surface area contributed by atoms with Crippen molar-refractivity contribution in [1.82, 2.24) is 4.90 Å². The molecule has 1 amide bonds. The summed E-state index contributed by atoms with van der Waals surface area (Å²) in [6.45, 7) is 4.82. The van der Waals surface area contributed by atoms with E-state index in [1.807, 2.05) is 18.2 Å². The minimum absolute atomic E-state index is 0.0284. The van der Waals surface area contributed by atoms with Crippen LogP contribution in [0.15, 0.2) is 53.5 Å². The van der Waals surface area contributed by atoms with Gasteiger partial charge in [0.25, 0.3) is 11.6 Å². The van der Waals surface area contributed by atoms with Crippen LogP contribution in [-0.2, 0) is 0 Å². The number of amidine groups is 1. The van der Waals surface area contributed by atoms with Crippen molar-refractivity contribution < 1.29 is 9.72 Å². The quantitative estimate of drug-likeness (QED) is 0.551. The molecular formula is C20H21N3O3S. The number of hydrogen-bond acceptors (Lipinski definition) is 5. The molecule has 0 saturated carbocycles. The van der Waals surface area contributed by atoms with Gasteiger partial charge in [-0.1, -0.05) is 43.8 Å². The number of nitro benzene ring substituents is 1. The first-order valence-corrected chi connectivity index (χ1v) is 9.82. The molecule has 0 N–H and O–H groups in total. The van der Waals surface area contributed by atoms with Gasteiger partial charge in [0.15, 0.2) is 5.17 Å². The van der Waals surface area contributed by atoms with Crippen molar-refractivity contribution in [1.29, 1.82) is 0 Å². The van der Waals surface area contributed by atoms with Crippen LogP contribution in [-0.4, -0.2) is 33.2 Å². The Morgan fingerprint density at radius 2 is 1.89 bits per heavy atom. The van der Waals surface area contributed by atoms with Gasteiger partial charge in [-0.3, -0.25) is 19.8 Å². The van der Waals surface area contributed by atoms with E-state index < -0.39 is 4.92 Å². The Hall–Kier alpha value is -2.67. The van der Waals surface area contributed by atoms with Crippen LogP contribution < -0.4 is 0 Å². The highest BCUT2D eigenvalue weighted by atomic mass is 32.2. The molecule has 0 aliphatic carbocycles. The predicted molar refractivity (Wildman–Crippen MR) is 109 cm³/mol. The summed E-state index contributed by atoms with van der Waals surface area (Å²) in [6, 6.07) is 13.7. The van der Waals surface area contributed by atoms with Crippen LogP contribution in [0.4, 0.5) is 11.4 Å². The van der Waals surface area contributed by atoms with Gasteiger partial charge in [0.2, 0.25) is 0 Å². The van der Waals surface area contributed by atoms with Gasteiger partial charge in [0, 0.05) is 30.0 Å². The molecule has 6 nitrogen and oxygen atoms in total. The summed E-state index contributed by atoms with van der Waals surface area (Å²) in [7, 11) is 0. The third-order valence-electron chi connectivity index (χ3n) is 4.33. The number of hydrogen-bond donors (Lipinski definition) is 0. The highest BCUT2D eigenvalue weighted by Gasteiger charge is 2.25. The first-order valence-electron chi connectivity index (χ1n) is 8.84. The Labute approximate surface area is 162 Å². The Morgan fingerprint density at radius 3 is 2.56 bits per heavy atom. The number of thioether (sulfide) groups is 1. The fourth-order valence-corrected chi connectivity index (χ4v) is 3.85. The molecule has 0 unspecified atom stereocenters. The third-order valence-corrected chi connectivity index (χ3v) is 5.40. The number of rotatable bonds is 4. The average Bonchev–Trinajstić information content (AvgIpc) is 2.68. The highest BCUT2D eigenvalue weighted by Crippen LogP contribution is 2.30. The number of aliphatic imine (C=N–C) groups is 1. The van der Waals surface area contributed by atoms with Crippen molar-refractivity contribution in [2.24, 2.45) is 4.99 Å². The van der Waals surface area contributed by atoms with Gasteiger partial charge in [-0.25, -0.2) is 4.99 Å². The monoisotopic (exact) mass is 383 g/mol. The van der Waals surface area contributed by atoms with Gasteiger partial charge in [-0.05, 0) is 36.1 Å². The first kappa shape index (κ1) is 19.1. The zero-order chi connectivity index (χ0) is 19.4. The second-order valence-electron chi connectivity index (χ2n) is 6.57. The van der Waals surface area contributed by atoms with Crippen LogP contribution in [0.5, 0.6) is 0 Å². The summed E-state index contributed by atoms with van der Waals surface area (Å²) in [5.74, 6) is 1.06. The number of non-ortho nitro benzene ring substituents is 1. The van der Waals surface area contributed by atoms with E-state index in [9.17, 15) is 14.9 Å². The fourth-order valence-electron chi connectivity index (χ4n) is 2.90. The van der Waals surface area contributed by atoms with Crippen LogP contribution in [0.3, 0.4) is 0 Å². The average molecular weight is 383 g/mol. The largest absolute Gasteiger partial charge is 0.287 e. The second kappa shape index (κ2) is 8.35. The molecule has 7 heteroatoms. The van der Waals surface area contributed by atoms with E-state index in [4.69, 9.17) is 4.99 Å². The van der Waals surface area contributed by atoms with E-state index in [1.54, 1.807) is 16.7 Å². The van der Waals surface area contributed by atoms with Crippen molar-refractivity contribution in [3.8, 4) is 0 Å².